The largest absolute Gasteiger partial charge is 0.423 e. The van der Waals surface area contributed by atoms with E-state index in [1.807, 2.05) is 25.1 Å². The van der Waals surface area contributed by atoms with Crippen LogP contribution in [0.25, 0.3) is 0 Å². The van der Waals surface area contributed by atoms with Gasteiger partial charge in [0.2, 0.25) is 11.1 Å². The van der Waals surface area contributed by atoms with Gasteiger partial charge in [0, 0.05) is 30.7 Å². The Hall–Kier alpha value is -2.39. The summed E-state index contributed by atoms with van der Waals surface area (Å²) in [6, 6.07) is 8.31. The molecule has 10 heteroatoms. The smallest absolute Gasteiger partial charge is 0.322 e. The SMILES string of the molecule is Cc1nsc(N2C[C@H]3CC[C@@H](C2)[C@@H]3Nc2nc(Oc3ccccc3Cl)n(C(C)C)n2)n1. The Kier molecular flexibility index (Phi) is 5.47. The van der Waals surface area contributed by atoms with Crippen LogP contribution >= 0.6 is 23.1 Å². The molecule has 1 aliphatic carbocycles. The second-order valence-electron chi connectivity index (χ2n) is 8.59. The number of piperidine rings is 1. The number of fused-ring (bicyclic) bond motifs is 2. The van der Waals surface area contributed by atoms with Crippen LogP contribution in [0.2, 0.25) is 5.02 Å². The van der Waals surface area contributed by atoms with Crippen molar-refractivity contribution < 1.29 is 4.74 Å². The highest BCUT2D eigenvalue weighted by molar-refractivity contribution is 7.09. The lowest BCUT2D eigenvalue weighted by Crippen LogP contribution is -2.48. The van der Waals surface area contributed by atoms with Crippen molar-refractivity contribution in [3.05, 3.63) is 35.1 Å². The number of hydrogen-bond acceptors (Lipinski definition) is 8. The topological polar surface area (TPSA) is 81.0 Å². The van der Waals surface area contributed by atoms with Gasteiger partial charge in [0.1, 0.15) is 11.6 Å². The number of nitrogens with one attached hydrogen (secondary N) is 1. The third kappa shape index (κ3) is 4.08. The molecule has 2 aromatic heterocycles. The number of ether oxygens (including phenoxy) is 1. The molecule has 2 bridgehead atoms. The summed E-state index contributed by atoms with van der Waals surface area (Å²) in [5.74, 6) is 3.09. The van der Waals surface area contributed by atoms with Crippen molar-refractivity contribution in [1.29, 1.82) is 0 Å². The Morgan fingerprint density at radius 1 is 1.16 bits per heavy atom. The van der Waals surface area contributed by atoms with Gasteiger partial charge in [-0.05, 0) is 57.6 Å². The van der Waals surface area contributed by atoms with Gasteiger partial charge in [-0.3, -0.25) is 0 Å². The molecule has 164 valence electrons. The van der Waals surface area contributed by atoms with E-state index in [9.17, 15) is 0 Å². The van der Waals surface area contributed by atoms with E-state index in [1.165, 1.54) is 24.4 Å². The second kappa shape index (κ2) is 8.27. The van der Waals surface area contributed by atoms with Crippen LogP contribution in [0.1, 0.15) is 38.6 Å². The van der Waals surface area contributed by atoms with E-state index in [0.717, 1.165) is 24.0 Å². The number of hydrogen-bond donors (Lipinski definition) is 1. The minimum atomic E-state index is 0.111. The lowest BCUT2D eigenvalue weighted by molar-refractivity contribution is 0.374. The summed E-state index contributed by atoms with van der Waals surface area (Å²) in [6.07, 6.45) is 2.40. The number of para-hydroxylation sites is 1. The summed E-state index contributed by atoms with van der Waals surface area (Å²) in [4.78, 5) is 11.6. The van der Waals surface area contributed by atoms with Gasteiger partial charge in [-0.1, -0.05) is 23.7 Å². The van der Waals surface area contributed by atoms with Crippen LogP contribution < -0.4 is 15.0 Å². The van der Waals surface area contributed by atoms with Gasteiger partial charge >= 0.3 is 6.01 Å². The Labute approximate surface area is 190 Å². The van der Waals surface area contributed by atoms with Crippen LogP contribution in [-0.2, 0) is 0 Å². The van der Waals surface area contributed by atoms with Crippen molar-refractivity contribution in [2.45, 2.75) is 45.7 Å². The fourth-order valence-electron chi connectivity index (χ4n) is 4.58. The summed E-state index contributed by atoms with van der Waals surface area (Å²) in [7, 11) is 0. The molecular formula is C21H26ClN7OS. The second-order valence-corrected chi connectivity index (χ2v) is 9.72. The van der Waals surface area contributed by atoms with Crippen molar-refractivity contribution in [2.24, 2.45) is 11.8 Å². The number of aryl methyl sites for hydroxylation is 1. The molecule has 0 radical (unpaired) electrons. The third-order valence-electron chi connectivity index (χ3n) is 6.04. The normalized spacial score (nSPS) is 22.9. The van der Waals surface area contributed by atoms with Crippen LogP contribution in [-0.4, -0.2) is 43.3 Å². The highest BCUT2D eigenvalue weighted by Crippen LogP contribution is 2.40. The van der Waals surface area contributed by atoms with E-state index >= 15 is 0 Å². The number of rotatable bonds is 6. The number of benzene rings is 1. The van der Waals surface area contributed by atoms with E-state index < -0.39 is 0 Å². The zero-order valence-corrected chi connectivity index (χ0v) is 19.4. The molecule has 0 amide bonds. The predicted octanol–water partition coefficient (Wildman–Crippen LogP) is 4.79. The van der Waals surface area contributed by atoms with Gasteiger partial charge in [0.15, 0.2) is 0 Å². The minimum absolute atomic E-state index is 0.111. The van der Waals surface area contributed by atoms with E-state index in [2.05, 4.69) is 38.4 Å². The molecule has 1 saturated heterocycles. The van der Waals surface area contributed by atoms with Gasteiger partial charge in [0.05, 0.1) is 11.1 Å². The first-order valence-electron chi connectivity index (χ1n) is 10.7. The van der Waals surface area contributed by atoms with Crippen molar-refractivity contribution in [3.63, 3.8) is 0 Å². The molecule has 3 aromatic rings. The molecule has 1 N–H and O–H groups in total. The molecule has 3 atom stereocenters. The molecule has 1 saturated carbocycles. The van der Waals surface area contributed by atoms with Gasteiger partial charge in [-0.15, -0.1) is 5.10 Å². The molecule has 1 aliphatic heterocycles. The number of nitrogens with zero attached hydrogens (tertiary/aromatic N) is 6. The average molecular weight is 460 g/mol. The summed E-state index contributed by atoms with van der Waals surface area (Å²) in [6.45, 7) is 8.03. The minimum Gasteiger partial charge on any atom is -0.423 e. The van der Waals surface area contributed by atoms with E-state index in [4.69, 9.17) is 21.4 Å². The van der Waals surface area contributed by atoms with Crippen LogP contribution in [0.15, 0.2) is 24.3 Å². The lowest BCUT2D eigenvalue weighted by atomic mass is 9.92. The van der Waals surface area contributed by atoms with Gasteiger partial charge < -0.3 is 15.0 Å². The summed E-state index contributed by atoms with van der Waals surface area (Å²) >= 11 is 7.76. The molecule has 0 unspecified atom stereocenters. The maximum atomic E-state index is 6.27. The van der Waals surface area contributed by atoms with Crippen molar-refractivity contribution in [3.8, 4) is 11.8 Å². The maximum absolute atomic E-state index is 6.27. The lowest BCUT2D eigenvalue weighted by Gasteiger charge is -2.37. The Balaban J connectivity index is 1.33. The zero-order chi connectivity index (χ0) is 21.5. The number of halogens is 1. The summed E-state index contributed by atoms with van der Waals surface area (Å²) < 4.78 is 12.2. The monoisotopic (exact) mass is 459 g/mol. The first-order valence-corrected chi connectivity index (χ1v) is 11.8. The standard InChI is InChI=1S/C21H26ClN7OS/c1-12(2)29-20(30-17-7-5-4-6-16(17)22)25-19(26-29)24-18-14-8-9-15(18)11-28(10-14)21-23-13(3)27-31-21/h4-7,12,14-15,18H,8-11H2,1-3H3,(H,24,26)/t14-,15+,18-. The maximum Gasteiger partial charge on any atom is 0.322 e. The third-order valence-corrected chi connectivity index (χ3v) is 7.22. The van der Waals surface area contributed by atoms with Crippen molar-refractivity contribution >= 4 is 34.2 Å². The Morgan fingerprint density at radius 3 is 2.55 bits per heavy atom. The first kappa shape index (κ1) is 20.5. The van der Waals surface area contributed by atoms with E-state index in [-0.39, 0.29) is 6.04 Å². The van der Waals surface area contributed by atoms with Gasteiger partial charge in [-0.25, -0.2) is 9.67 Å². The molecule has 2 aliphatic rings. The van der Waals surface area contributed by atoms with Crippen molar-refractivity contribution in [1.82, 2.24) is 24.1 Å². The fraction of sp³-hybridized carbons (Fsp3) is 0.524. The molecule has 2 fully saturated rings. The van der Waals surface area contributed by atoms with Gasteiger partial charge in [-0.2, -0.15) is 9.36 Å². The zero-order valence-electron chi connectivity index (χ0n) is 17.8. The van der Waals surface area contributed by atoms with Crippen LogP contribution in [0.5, 0.6) is 11.8 Å². The molecule has 0 spiro atoms. The summed E-state index contributed by atoms with van der Waals surface area (Å²) in [5.41, 5.74) is 0. The highest BCUT2D eigenvalue weighted by Gasteiger charge is 2.43. The van der Waals surface area contributed by atoms with Crippen LogP contribution in [0, 0.1) is 18.8 Å². The Morgan fingerprint density at radius 2 is 1.90 bits per heavy atom. The molecule has 3 heterocycles. The molecule has 1 aromatic carbocycles. The molecule has 8 nitrogen and oxygen atoms in total. The average Bonchev–Trinajstić information content (AvgIpc) is 3.40. The molecule has 5 rings (SSSR count). The van der Waals surface area contributed by atoms with E-state index in [1.54, 1.807) is 10.7 Å². The van der Waals surface area contributed by atoms with Crippen LogP contribution in [0.3, 0.4) is 0 Å². The predicted molar refractivity (Wildman–Crippen MR) is 122 cm³/mol. The number of anilines is 2. The van der Waals surface area contributed by atoms with Crippen molar-refractivity contribution in [2.75, 3.05) is 23.3 Å². The van der Waals surface area contributed by atoms with Crippen LogP contribution in [0.4, 0.5) is 11.1 Å². The first-order chi connectivity index (χ1) is 15.0. The Bertz CT molecular complexity index is 1050. The summed E-state index contributed by atoms with van der Waals surface area (Å²) in [5, 5.41) is 9.90. The number of aromatic nitrogens is 5. The highest BCUT2D eigenvalue weighted by atomic mass is 35.5. The molecule has 31 heavy (non-hydrogen) atoms. The fourth-order valence-corrected chi connectivity index (χ4v) is 5.45. The van der Waals surface area contributed by atoms with Gasteiger partial charge in [0.25, 0.3) is 0 Å². The quantitative estimate of drug-likeness (QED) is 0.567. The molecular weight excluding hydrogens is 434 g/mol. The van der Waals surface area contributed by atoms with E-state index in [0.29, 0.717) is 40.6 Å².